The van der Waals surface area contributed by atoms with E-state index in [2.05, 4.69) is 29.2 Å². The predicted molar refractivity (Wildman–Crippen MR) is 105 cm³/mol. The normalized spacial score (nSPS) is 20.6. The quantitative estimate of drug-likeness (QED) is 0.763. The van der Waals surface area contributed by atoms with E-state index in [4.69, 9.17) is 20.9 Å². The van der Waals surface area contributed by atoms with Crippen LogP contribution in [0.4, 0.5) is 0 Å². The van der Waals surface area contributed by atoms with Crippen LogP contribution < -0.4 is 5.32 Å². The van der Waals surface area contributed by atoms with Gasteiger partial charge >= 0.3 is 0 Å². The first-order chi connectivity index (χ1) is 13.0. The van der Waals surface area contributed by atoms with E-state index in [0.29, 0.717) is 34.1 Å². The molecule has 0 bridgehead atoms. The molecule has 1 aromatic carbocycles. The molecule has 27 heavy (non-hydrogen) atoms. The number of benzene rings is 1. The van der Waals surface area contributed by atoms with Crippen LogP contribution in [0.25, 0.3) is 11.3 Å². The van der Waals surface area contributed by atoms with Crippen molar-refractivity contribution in [2.45, 2.75) is 39.4 Å². The highest BCUT2D eigenvalue weighted by Crippen LogP contribution is 2.30. The van der Waals surface area contributed by atoms with Gasteiger partial charge in [-0.15, -0.1) is 0 Å². The lowest BCUT2D eigenvalue weighted by molar-refractivity contribution is -0.0680. The first-order valence-electron chi connectivity index (χ1n) is 9.33. The summed E-state index contributed by atoms with van der Waals surface area (Å²) in [6, 6.07) is 7.30. The fourth-order valence-corrected chi connectivity index (χ4v) is 3.76. The van der Waals surface area contributed by atoms with Crippen LogP contribution in [0.5, 0.6) is 0 Å². The van der Waals surface area contributed by atoms with Gasteiger partial charge in [-0.05, 0) is 33.3 Å². The summed E-state index contributed by atoms with van der Waals surface area (Å²) >= 11 is 6.25. The van der Waals surface area contributed by atoms with Crippen molar-refractivity contribution in [3.8, 4) is 11.3 Å². The Morgan fingerprint density at radius 2 is 2.00 bits per heavy atom. The second-order valence-electron chi connectivity index (χ2n) is 7.07. The van der Waals surface area contributed by atoms with Crippen LogP contribution >= 0.6 is 11.6 Å². The van der Waals surface area contributed by atoms with Crippen molar-refractivity contribution >= 4 is 17.5 Å². The van der Waals surface area contributed by atoms with E-state index >= 15 is 0 Å². The van der Waals surface area contributed by atoms with E-state index in [1.165, 1.54) is 0 Å². The van der Waals surface area contributed by atoms with Crippen molar-refractivity contribution < 1.29 is 14.1 Å². The number of carbonyl (C=O) groups is 1. The van der Waals surface area contributed by atoms with Crippen molar-refractivity contribution in [1.82, 2.24) is 15.4 Å². The summed E-state index contributed by atoms with van der Waals surface area (Å²) in [6.07, 6.45) is 1.37. The fourth-order valence-electron chi connectivity index (χ4n) is 3.54. The van der Waals surface area contributed by atoms with Crippen LogP contribution in [0, 0.1) is 6.92 Å². The van der Waals surface area contributed by atoms with Crippen LogP contribution in [-0.4, -0.2) is 54.4 Å². The van der Waals surface area contributed by atoms with Gasteiger partial charge < -0.3 is 14.6 Å². The van der Waals surface area contributed by atoms with E-state index in [-0.39, 0.29) is 18.1 Å². The molecule has 0 radical (unpaired) electrons. The van der Waals surface area contributed by atoms with Crippen molar-refractivity contribution in [3.05, 3.63) is 40.6 Å². The van der Waals surface area contributed by atoms with Gasteiger partial charge in [0.25, 0.3) is 5.91 Å². The summed E-state index contributed by atoms with van der Waals surface area (Å²) in [7, 11) is 0. The number of carbonyl (C=O) groups excluding carboxylic acids is 1. The predicted octanol–water partition coefficient (Wildman–Crippen LogP) is 3.53. The number of hydrogen-bond donors (Lipinski definition) is 1. The second kappa shape index (κ2) is 8.87. The Morgan fingerprint density at radius 3 is 2.70 bits per heavy atom. The number of halogens is 1. The Hall–Kier alpha value is -1.89. The molecule has 2 heterocycles. The average Bonchev–Trinajstić information content (AvgIpc) is 2.99. The molecule has 146 valence electrons. The highest BCUT2D eigenvalue weighted by molar-refractivity contribution is 6.33. The largest absolute Gasteiger partial charge is 0.373 e. The van der Waals surface area contributed by atoms with Crippen LogP contribution in [0.1, 0.15) is 36.4 Å². The van der Waals surface area contributed by atoms with Gasteiger partial charge in [-0.3, -0.25) is 9.69 Å². The third kappa shape index (κ3) is 4.89. The van der Waals surface area contributed by atoms with Crippen molar-refractivity contribution in [1.29, 1.82) is 0 Å². The van der Waals surface area contributed by atoms with Crippen LogP contribution in [0.2, 0.25) is 5.02 Å². The van der Waals surface area contributed by atoms with Gasteiger partial charge in [0.05, 0.1) is 17.2 Å². The molecule has 1 aliphatic rings. The molecular weight excluding hydrogens is 366 g/mol. The number of ether oxygens (including phenoxy) is 1. The van der Waals surface area contributed by atoms with Gasteiger partial charge in [-0.2, -0.15) is 0 Å². The lowest BCUT2D eigenvalue weighted by atomic mass is 10.1. The average molecular weight is 392 g/mol. The highest BCUT2D eigenvalue weighted by atomic mass is 35.5. The van der Waals surface area contributed by atoms with Crippen LogP contribution in [0.15, 0.2) is 28.8 Å². The third-order valence-corrected chi connectivity index (χ3v) is 4.98. The molecule has 6 nitrogen and oxygen atoms in total. The Bertz CT molecular complexity index is 783. The summed E-state index contributed by atoms with van der Waals surface area (Å²) in [4.78, 5) is 15.1. The molecule has 3 rings (SSSR count). The highest BCUT2D eigenvalue weighted by Gasteiger charge is 2.24. The van der Waals surface area contributed by atoms with E-state index in [9.17, 15) is 4.79 Å². The lowest BCUT2D eigenvalue weighted by Gasteiger charge is -2.35. The summed E-state index contributed by atoms with van der Waals surface area (Å²) in [6.45, 7) is 9.30. The summed E-state index contributed by atoms with van der Waals surface area (Å²) in [5, 5.41) is 7.56. The first-order valence-corrected chi connectivity index (χ1v) is 9.70. The van der Waals surface area contributed by atoms with Crippen molar-refractivity contribution in [3.63, 3.8) is 0 Å². The maximum atomic E-state index is 12.7. The number of amides is 1. The Balaban J connectivity index is 1.58. The zero-order valence-electron chi connectivity index (χ0n) is 16.0. The molecule has 0 spiro atoms. The van der Waals surface area contributed by atoms with Gasteiger partial charge in [-0.1, -0.05) is 35.0 Å². The number of morpholine rings is 1. The molecule has 1 amide bonds. The molecule has 1 aliphatic heterocycles. The van der Waals surface area contributed by atoms with Gasteiger partial charge in [-0.25, -0.2) is 0 Å². The molecule has 7 heteroatoms. The van der Waals surface area contributed by atoms with Gasteiger partial charge in [0.1, 0.15) is 17.0 Å². The monoisotopic (exact) mass is 391 g/mol. The third-order valence-electron chi connectivity index (χ3n) is 4.65. The van der Waals surface area contributed by atoms with Crippen LogP contribution in [-0.2, 0) is 4.74 Å². The molecular formula is C20H26ClN3O3. The zero-order valence-corrected chi connectivity index (χ0v) is 16.8. The lowest BCUT2D eigenvalue weighted by Crippen LogP contribution is -2.46. The topological polar surface area (TPSA) is 67.6 Å². The van der Waals surface area contributed by atoms with E-state index in [1.54, 1.807) is 13.0 Å². The molecule has 1 fully saturated rings. The number of aromatic nitrogens is 1. The van der Waals surface area contributed by atoms with E-state index < -0.39 is 0 Å². The minimum absolute atomic E-state index is 0.188. The molecule has 0 saturated carbocycles. The summed E-state index contributed by atoms with van der Waals surface area (Å²) in [5.74, 6) is 0.297. The summed E-state index contributed by atoms with van der Waals surface area (Å²) in [5.41, 5.74) is 1.61. The van der Waals surface area contributed by atoms with E-state index in [1.807, 2.05) is 18.2 Å². The molecule has 1 N–H and O–H groups in total. The molecule has 0 aliphatic carbocycles. The molecule has 1 aromatic heterocycles. The first kappa shape index (κ1) is 19.9. The maximum absolute atomic E-state index is 12.7. The van der Waals surface area contributed by atoms with Crippen LogP contribution in [0.3, 0.4) is 0 Å². The zero-order chi connectivity index (χ0) is 19.4. The summed E-state index contributed by atoms with van der Waals surface area (Å²) < 4.78 is 11.0. The molecule has 2 atom stereocenters. The Labute approximate surface area is 164 Å². The van der Waals surface area contributed by atoms with Gasteiger partial charge in [0.2, 0.25) is 0 Å². The number of nitrogens with one attached hydrogen (secondary N) is 1. The number of aryl methyl sites for hydroxylation is 1. The molecule has 1 saturated heterocycles. The number of hydrogen-bond acceptors (Lipinski definition) is 5. The maximum Gasteiger partial charge on any atom is 0.257 e. The minimum atomic E-state index is -0.188. The second-order valence-corrected chi connectivity index (χ2v) is 7.48. The number of nitrogens with zero attached hydrogens (tertiary/aromatic N) is 2. The minimum Gasteiger partial charge on any atom is -0.373 e. The molecule has 2 aromatic rings. The standard InChI is InChI=1S/C20H26ClN3O3/c1-13-11-24(12-14(2)26-13)10-6-9-22-20(25)18-15(3)27-23-19(18)16-7-4-5-8-17(16)21/h4-5,7-8,13-14H,6,9-12H2,1-3H3,(H,22,25). The van der Waals surface area contributed by atoms with Gasteiger partial charge in [0, 0.05) is 31.7 Å². The SMILES string of the molecule is Cc1onc(-c2ccccc2Cl)c1C(=O)NCCCN1CC(C)OC(C)C1. The van der Waals surface area contributed by atoms with Crippen molar-refractivity contribution in [2.24, 2.45) is 0 Å². The Kier molecular flexibility index (Phi) is 6.52. The van der Waals surface area contributed by atoms with Gasteiger partial charge in [0.15, 0.2) is 0 Å². The smallest absolute Gasteiger partial charge is 0.257 e. The van der Waals surface area contributed by atoms with Crippen molar-refractivity contribution in [2.75, 3.05) is 26.2 Å². The molecule has 2 unspecified atom stereocenters. The van der Waals surface area contributed by atoms with E-state index in [0.717, 1.165) is 26.1 Å². The Morgan fingerprint density at radius 1 is 1.30 bits per heavy atom. The fraction of sp³-hybridized carbons (Fsp3) is 0.500. The number of rotatable bonds is 6.